The molecule has 7 heteroatoms. The van der Waals surface area contributed by atoms with Crippen LogP contribution in [0.5, 0.6) is 0 Å². The van der Waals surface area contributed by atoms with Gasteiger partial charge in [0.05, 0.1) is 0 Å². The molecule has 0 rings (SSSR count). The normalized spacial score (nSPS) is 11.6. The molecular formula is C22H48N2O4Si. The lowest BCUT2D eigenvalue weighted by molar-refractivity contribution is 0.0708. The average molecular weight is 433 g/mol. The smallest absolute Gasteiger partial charge is 0.374 e. The minimum Gasteiger partial charge on any atom is -0.374 e. The van der Waals surface area contributed by atoms with Crippen LogP contribution in [0.2, 0.25) is 6.04 Å². The van der Waals surface area contributed by atoms with E-state index in [4.69, 9.17) is 13.3 Å². The van der Waals surface area contributed by atoms with Crippen molar-refractivity contribution >= 4 is 14.8 Å². The van der Waals surface area contributed by atoms with E-state index >= 15 is 0 Å². The number of hydrogen-bond acceptors (Lipinski definition) is 4. The van der Waals surface area contributed by atoms with Gasteiger partial charge in [0.25, 0.3) is 0 Å². The highest BCUT2D eigenvalue weighted by atomic mass is 28.4. The third-order valence-corrected chi connectivity index (χ3v) is 8.01. The summed E-state index contributed by atoms with van der Waals surface area (Å²) in [7, 11) is -2.60. The van der Waals surface area contributed by atoms with Crippen molar-refractivity contribution in [3.05, 3.63) is 0 Å². The minimum atomic E-state index is -2.60. The van der Waals surface area contributed by atoms with E-state index in [1.54, 1.807) is 0 Å². The lowest BCUT2D eigenvalue weighted by atomic mass is 10.1. The van der Waals surface area contributed by atoms with Gasteiger partial charge in [-0.25, -0.2) is 4.79 Å². The Balaban J connectivity index is 3.66. The second kappa shape index (κ2) is 20.6. The fourth-order valence-corrected chi connectivity index (χ4v) is 6.00. The molecule has 0 aromatic carbocycles. The molecule has 0 spiro atoms. The lowest BCUT2D eigenvalue weighted by Gasteiger charge is -2.28. The zero-order valence-electron chi connectivity index (χ0n) is 19.7. The molecule has 0 aliphatic carbocycles. The third-order valence-electron chi connectivity index (χ3n) is 4.85. The van der Waals surface area contributed by atoms with Crippen LogP contribution in [0.25, 0.3) is 0 Å². The van der Waals surface area contributed by atoms with Crippen molar-refractivity contribution in [2.75, 3.05) is 32.9 Å². The number of urea groups is 1. The molecule has 0 atom stereocenters. The fourth-order valence-electron chi connectivity index (χ4n) is 3.38. The minimum absolute atomic E-state index is 0.0857. The molecule has 29 heavy (non-hydrogen) atoms. The molecule has 6 nitrogen and oxygen atoms in total. The van der Waals surface area contributed by atoms with Gasteiger partial charge < -0.3 is 23.9 Å². The number of rotatable bonds is 21. The Labute approximate surface area is 181 Å². The van der Waals surface area contributed by atoms with Crippen LogP contribution in [-0.2, 0) is 13.3 Å². The van der Waals surface area contributed by atoms with E-state index in [-0.39, 0.29) is 6.03 Å². The van der Waals surface area contributed by atoms with Gasteiger partial charge in [0, 0.05) is 39.0 Å². The van der Waals surface area contributed by atoms with Crippen LogP contribution in [0, 0.1) is 0 Å². The highest BCUT2D eigenvalue weighted by molar-refractivity contribution is 6.60. The van der Waals surface area contributed by atoms with Gasteiger partial charge in [0.2, 0.25) is 0 Å². The van der Waals surface area contributed by atoms with Gasteiger partial charge in [-0.3, -0.25) is 0 Å². The van der Waals surface area contributed by atoms with Crippen molar-refractivity contribution in [2.45, 2.75) is 104 Å². The number of carbonyl (C=O) groups excluding carboxylic acids is 1. The van der Waals surface area contributed by atoms with Crippen molar-refractivity contribution in [1.82, 2.24) is 10.6 Å². The predicted octanol–water partition coefficient (Wildman–Crippen LogP) is 5.65. The summed E-state index contributed by atoms with van der Waals surface area (Å²) < 4.78 is 17.5. The van der Waals surface area contributed by atoms with Crippen LogP contribution < -0.4 is 10.6 Å². The zero-order valence-corrected chi connectivity index (χ0v) is 20.7. The summed E-state index contributed by atoms with van der Waals surface area (Å²) in [6.07, 6.45) is 13.8. The molecule has 0 aliphatic heterocycles. The molecular weight excluding hydrogens is 384 g/mol. The van der Waals surface area contributed by atoms with Gasteiger partial charge in [-0.05, 0) is 33.6 Å². The molecule has 0 heterocycles. The van der Waals surface area contributed by atoms with Gasteiger partial charge in [0.15, 0.2) is 0 Å². The Morgan fingerprint density at radius 2 is 1.03 bits per heavy atom. The highest BCUT2D eigenvalue weighted by Crippen LogP contribution is 2.17. The van der Waals surface area contributed by atoms with Crippen LogP contribution in [0.15, 0.2) is 0 Å². The highest BCUT2D eigenvalue weighted by Gasteiger charge is 2.39. The molecule has 0 unspecified atom stereocenters. The molecule has 0 fully saturated rings. The first-order valence-electron chi connectivity index (χ1n) is 12.1. The molecule has 0 saturated heterocycles. The maximum absolute atomic E-state index is 11.9. The number of carbonyl (C=O) groups is 1. The summed E-state index contributed by atoms with van der Waals surface area (Å²) in [5.74, 6) is 0. The number of unbranched alkanes of at least 4 members (excludes halogenated alkanes) is 9. The van der Waals surface area contributed by atoms with Crippen molar-refractivity contribution in [1.29, 1.82) is 0 Å². The summed E-state index contributed by atoms with van der Waals surface area (Å²) in [4.78, 5) is 11.9. The molecule has 174 valence electrons. The number of nitrogens with one attached hydrogen (secondary N) is 2. The maximum Gasteiger partial charge on any atom is 0.500 e. The van der Waals surface area contributed by atoms with Crippen LogP contribution in [0.1, 0.15) is 98.3 Å². The van der Waals surface area contributed by atoms with Crippen molar-refractivity contribution < 1.29 is 18.1 Å². The van der Waals surface area contributed by atoms with E-state index in [2.05, 4.69) is 17.6 Å². The fraction of sp³-hybridized carbons (Fsp3) is 0.955. The first kappa shape index (κ1) is 28.4. The maximum atomic E-state index is 11.9. The average Bonchev–Trinajstić information content (AvgIpc) is 2.70. The van der Waals surface area contributed by atoms with E-state index in [1.807, 2.05) is 20.8 Å². The first-order valence-corrected chi connectivity index (χ1v) is 14.0. The summed E-state index contributed by atoms with van der Waals surface area (Å²) >= 11 is 0. The first-order chi connectivity index (χ1) is 14.1. The van der Waals surface area contributed by atoms with E-state index in [1.165, 1.54) is 57.8 Å². The SMILES string of the molecule is CCCCCCCCCCCCNC(=O)NCCC[Si](OCC)(OCC)OCC. The van der Waals surface area contributed by atoms with Crippen molar-refractivity contribution in [2.24, 2.45) is 0 Å². The van der Waals surface area contributed by atoms with Crippen LogP contribution in [0.4, 0.5) is 4.79 Å². The van der Waals surface area contributed by atoms with Gasteiger partial charge in [-0.2, -0.15) is 0 Å². The Morgan fingerprint density at radius 1 is 0.621 bits per heavy atom. The summed E-state index contributed by atoms with van der Waals surface area (Å²) in [6.45, 7) is 11.2. The lowest BCUT2D eigenvalue weighted by Crippen LogP contribution is -2.46. The summed E-state index contributed by atoms with van der Waals surface area (Å²) in [5.41, 5.74) is 0. The Kier molecular flexibility index (Phi) is 20.2. The van der Waals surface area contributed by atoms with Gasteiger partial charge in [-0.15, -0.1) is 0 Å². The van der Waals surface area contributed by atoms with Gasteiger partial charge in [-0.1, -0.05) is 64.7 Å². The van der Waals surface area contributed by atoms with Gasteiger partial charge in [0.1, 0.15) is 0 Å². The molecule has 0 saturated carbocycles. The molecule has 2 N–H and O–H groups in total. The van der Waals surface area contributed by atoms with Crippen molar-refractivity contribution in [3.63, 3.8) is 0 Å². The topological polar surface area (TPSA) is 68.8 Å². The molecule has 0 aromatic heterocycles. The Morgan fingerprint density at radius 3 is 1.48 bits per heavy atom. The Hall–Kier alpha value is -0.633. The van der Waals surface area contributed by atoms with E-state index in [0.29, 0.717) is 26.4 Å². The second-order valence-electron chi connectivity index (χ2n) is 7.45. The molecule has 0 aliphatic rings. The van der Waals surface area contributed by atoms with Crippen molar-refractivity contribution in [3.8, 4) is 0 Å². The molecule has 0 aromatic rings. The van der Waals surface area contributed by atoms with E-state index in [0.717, 1.165) is 25.4 Å². The van der Waals surface area contributed by atoms with Gasteiger partial charge >= 0.3 is 14.8 Å². The molecule has 0 bridgehead atoms. The van der Waals surface area contributed by atoms with E-state index < -0.39 is 8.80 Å². The third kappa shape index (κ3) is 16.8. The summed E-state index contributed by atoms with van der Waals surface area (Å²) in [5, 5.41) is 5.87. The monoisotopic (exact) mass is 432 g/mol. The Bertz CT molecular complexity index is 356. The van der Waals surface area contributed by atoms with E-state index in [9.17, 15) is 4.79 Å². The largest absolute Gasteiger partial charge is 0.500 e. The van der Waals surface area contributed by atoms with Crippen LogP contribution >= 0.6 is 0 Å². The molecule has 2 amide bonds. The molecule has 0 radical (unpaired) electrons. The zero-order chi connectivity index (χ0) is 21.6. The predicted molar refractivity (Wildman–Crippen MR) is 123 cm³/mol. The number of amides is 2. The number of hydrogen-bond donors (Lipinski definition) is 2. The summed E-state index contributed by atoms with van der Waals surface area (Å²) in [6, 6.07) is 0.638. The van der Waals surface area contributed by atoms with Crippen LogP contribution in [0.3, 0.4) is 0 Å². The second-order valence-corrected chi connectivity index (χ2v) is 10.2. The van der Waals surface area contributed by atoms with Crippen LogP contribution in [-0.4, -0.2) is 47.7 Å². The quantitative estimate of drug-likeness (QED) is 0.182. The standard InChI is InChI=1S/C22H48N2O4Si/c1-5-9-10-11-12-13-14-15-16-17-19-23-22(25)24-20-18-21-29(26-6-2,27-7-3)28-8-4/h5-21H2,1-4H3,(H2,23,24,25).